The van der Waals surface area contributed by atoms with Crippen LogP contribution in [0.3, 0.4) is 0 Å². The molecule has 1 heterocycles. The zero-order valence-corrected chi connectivity index (χ0v) is 13.6. The van der Waals surface area contributed by atoms with Crippen LogP contribution < -0.4 is 11.1 Å². The van der Waals surface area contributed by atoms with Gasteiger partial charge in [-0.05, 0) is 12.5 Å². The maximum Gasteiger partial charge on any atom is 0.241 e. The molecule has 1 fully saturated rings. The van der Waals surface area contributed by atoms with Gasteiger partial charge in [0.05, 0.1) is 11.5 Å². The summed E-state index contributed by atoms with van der Waals surface area (Å²) in [7, 11) is -2.86. The second-order valence-corrected chi connectivity index (χ2v) is 7.98. The van der Waals surface area contributed by atoms with Crippen molar-refractivity contribution in [2.45, 2.75) is 13.0 Å². The van der Waals surface area contributed by atoms with E-state index in [4.69, 9.17) is 5.73 Å². The van der Waals surface area contributed by atoms with Gasteiger partial charge in [-0.2, -0.15) is 0 Å². The van der Waals surface area contributed by atoms with Gasteiger partial charge in [0.25, 0.3) is 0 Å². The van der Waals surface area contributed by atoms with E-state index >= 15 is 0 Å². The van der Waals surface area contributed by atoms with Crippen molar-refractivity contribution in [3.8, 4) is 0 Å². The minimum Gasteiger partial charge on any atom is -0.353 e. The largest absolute Gasteiger partial charge is 0.353 e. The van der Waals surface area contributed by atoms with Crippen molar-refractivity contribution in [1.29, 1.82) is 0 Å². The van der Waals surface area contributed by atoms with Gasteiger partial charge in [-0.15, -0.1) is 0 Å². The topological polar surface area (TPSA) is 92.5 Å². The van der Waals surface area contributed by atoms with Crippen molar-refractivity contribution in [1.82, 2.24) is 10.2 Å². The number of nitrogens with two attached hydrogens (primary N) is 1. The summed E-state index contributed by atoms with van der Waals surface area (Å²) in [5, 5.41) is 2.81. The minimum absolute atomic E-state index is 0.198. The van der Waals surface area contributed by atoms with E-state index in [9.17, 15) is 13.2 Å². The van der Waals surface area contributed by atoms with Crippen LogP contribution in [-0.2, 0) is 14.6 Å². The molecule has 0 spiro atoms. The van der Waals surface area contributed by atoms with Crippen LogP contribution in [0.2, 0.25) is 0 Å². The average Bonchev–Trinajstić information content (AvgIpc) is 2.49. The van der Waals surface area contributed by atoms with E-state index in [1.165, 1.54) is 0 Å². The van der Waals surface area contributed by atoms with E-state index < -0.39 is 15.9 Å². The van der Waals surface area contributed by atoms with Gasteiger partial charge in [0.1, 0.15) is 6.04 Å². The summed E-state index contributed by atoms with van der Waals surface area (Å²) in [5.74, 6) is 0.182. The molecule has 6 nitrogen and oxygen atoms in total. The molecular formula is C15H23N3O3S. The first-order valence-corrected chi connectivity index (χ1v) is 9.22. The molecule has 1 aromatic carbocycles. The molecule has 1 saturated heterocycles. The highest BCUT2D eigenvalue weighted by atomic mass is 32.2. The summed E-state index contributed by atoms with van der Waals surface area (Å²) in [6.07, 6.45) is 0. The Labute approximate surface area is 131 Å². The van der Waals surface area contributed by atoms with Crippen LogP contribution in [0.15, 0.2) is 24.3 Å². The van der Waals surface area contributed by atoms with E-state index in [1.54, 1.807) is 0 Å². The van der Waals surface area contributed by atoms with Gasteiger partial charge in [0, 0.05) is 26.2 Å². The molecular weight excluding hydrogens is 302 g/mol. The van der Waals surface area contributed by atoms with E-state index in [-0.39, 0.29) is 17.4 Å². The van der Waals surface area contributed by atoms with Gasteiger partial charge in [0.2, 0.25) is 5.91 Å². The van der Waals surface area contributed by atoms with E-state index in [0.717, 1.165) is 11.1 Å². The standard InChI is InChI=1S/C15H23N3O3S/c1-12-2-4-13(5-3-12)14(16)15(19)17-6-7-18-8-10-22(20,21)11-9-18/h2-5,14H,6-11,16H2,1H3,(H,17,19). The summed E-state index contributed by atoms with van der Waals surface area (Å²) in [6.45, 7) is 4.15. The van der Waals surface area contributed by atoms with Crippen molar-refractivity contribution >= 4 is 15.7 Å². The van der Waals surface area contributed by atoms with Crippen molar-refractivity contribution in [3.05, 3.63) is 35.4 Å². The maximum absolute atomic E-state index is 12.0. The lowest BCUT2D eigenvalue weighted by molar-refractivity contribution is -0.122. The number of amides is 1. The van der Waals surface area contributed by atoms with Crippen LogP contribution in [0.4, 0.5) is 0 Å². The van der Waals surface area contributed by atoms with Gasteiger partial charge >= 0.3 is 0 Å². The Bertz CT molecular complexity index is 599. The number of nitrogens with one attached hydrogen (secondary N) is 1. The normalized spacial score (nSPS) is 19.5. The fourth-order valence-electron chi connectivity index (χ4n) is 2.35. The lowest BCUT2D eigenvalue weighted by Crippen LogP contribution is -2.45. The van der Waals surface area contributed by atoms with Crippen molar-refractivity contribution in [3.63, 3.8) is 0 Å². The average molecular weight is 325 g/mol. The first-order valence-electron chi connectivity index (χ1n) is 7.40. The second-order valence-electron chi connectivity index (χ2n) is 5.67. The second kappa shape index (κ2) is 7.21. The van der Waals surface area contributed by atoms with Gasteiger partial charge < -0.3 is 11.1 Å². The lowest BCUT2D eigenvalue weighted by Gasteiger charge is -2.26. The maximum atomic E-state index is 12.0. The summed E-state index contributed by atoms with van der Waals surface area (Å²) < 4.78 is 22.7. The highest BCUT2D eigenvalue weighted by molar-refractivity contribution is 7.91. The van der Waals surface area contributed by atoms with Crippen LogP contribution in [0.1, 0.15) is 17.2 Å². The third-order valence-corrected chi connectivity index (χ3v) is 5.49. The summed E-state index contributed by atoms with van der Waals surface area (Å²) in [5.41, 5.74) is 7.84. The molecule has 0 radical (unpaired) electrons. The SMILES string of the molecule is Cc1ccc(C(N)C(=O)NCCN2CCS(=O)(=O)CC2)cc1. The molecule has 1 aliphatic heterocycles. The van der Waals surface area contributed by atoms with Crippen molar-refractivity contribution < 1.29 is 13.2 Å². The number of nitrogens with zero attached hydrogens (tertiary/aromatic N) is 1. The van der Waals surface area contributed by atoms with Gasteiger partial charge in [-0.1, -0.05) is 29.8 Å². The fourth-order valence-corrected chi connectivity index (χ4v) is 3.62. The zero-order chi connectivity index (χ0) is 16.2. The van der Waals surface area contributed by atoms with Gasteiger partial charge in [0.15, 0.2) is 9.84 Å². The van der Waals surface area contributed by atoms with Crippen molar-refractivity contribution in [2.75, 3.05) is 37.7 Å². The Kier molecular flexibility index (Phi) is 5.55. The summed E-state index contributed by atoms with van der Waals surface area (Å²) in [4.78, 5) is 14.1. The van der Waals surface area contributed by atoms with Crippen LogP contribution >= 0.6 is 0 Å². The minimum atomic E-state index is -2.86. The number of aryl methyl sites for hydroxylation is 1. The molecule has 1 aromatic rings. The lowest BCUT2D eigenvalue weighted by atomic mass is 10.1. The van der Waals surface area contributed by atoms with Gasteiger partial charge in [-0.3, -0.25) is 9.69 Å². The Hall–Kier alpha value is -1.44. The van der Waals surface area contributed by atoms with Crippen LogP contribution in [0, 0.1) is 6.92 Å². The Balaban J connectivity index is 1.75. The molecule has 0 saturated carbocycles. The molecule has 3 N–H and O–H groups in total. The van der Waals surface area contributed by atoms with E-state index in [2.05, 4.69) is 5.32 Å². The molecule has 1 amide bonds. The number of carbonyl (C=O) groups is 1. The molecule has 1 aliphatic rings. The molecule has 0 bridgehead atoms. The van der Waals surface area contributed by atoms with E-state index in [0.29, 0.717) is 26.2 Å². The number of hydrogen-bond donors (Lipinski definition) is 2. The Morgan fingerprint density at radius 3 is 2.45 bits per heavy atom. The smallest absolute Gasteiger partial charge is 0.241 e. The predicted octanol–water partition coefficient (Wildman–Crippen LogP) is -0.159. The first kappa shape index (κ1) is 16.9. The third kappa shape index (κ3) is 4.79. The number of hydrogen-bond acceptors (Lipinski definition) is 5. The third-order valence-electron chi connectivity index (χ3n) is 3.88. The molecule has 0 aromatic heterocycles. The molecule has 2 rings (SSSR count). The highest BCUT2D eigenvalue weighted by Gasteiger charge is 2.21. The van der Waals surface area contributed by atoms with Crippen molar-refractivity contribution in [2.24, 2.45) is 5.73 Å². The first-order chi connectivity index (χ1) is 10.4. The van der Waals surface area contributed by atoms with Crippen LogP contribution in [0.25, 0.3) is 0 Å². The number of rotatable bonds is 5. The predicted molar refractivity (Wildman–Crippen MR) is 86.2 cm³/mol. The number of carbonyl (C=O) groups excluding carboxylic acids is 1. The monoisotopic (exact) mass is 325 g/mol. The zero-order valence-electron chi connectivity index (χ0n) is 12.8. The molecule has 22 heavy (non-hydrogen) atoms. The fraction of sp³-hybridized carbons (Fsp3) is 0.533. The molecule has 1 atom stereocenters. The Morgan fingerprint density at radius 2 is 1.86 bits per heavy atom. The molecule has 7 heteroatoms. The summed E-state index contributed by atoms with van der Waals surface area (Å²) >= 11 is 0. The Morgan fingerprint density at radius 1 is 1.27 bits per heavy atom. The van der Waals surface area contributed by atoms with Crippen LogP contribution in [0.5, 0.6) is 0 Å². The van der Waals surface area contributed by atoms with Crippen LogP contribution in [-0.4, -0.2) is 56.9 Å². The quantitative estimate of drug-likeness (QED) is 0.785. The number of benzene rings is 1. The highest BCUT2D eigenvalue weighted by Crippen LogP contribution is 2.11. The molecule has 1 unspecified atom stereocenters. The van der Waals surface area contributed by atoms with Gasteiger partial charge in [-0.25, -0.2) is 8.42 Å². The summed E-state index contributed by atoms with van der Waals surface area (Å²) in [6, 6.07) is 6.89. The molecule has 0 aliphatic carbocycles. The molecule has 122 valence electrons. The number of sulfone groups is 1. The van der Waals surface area contributed by atoms with E-state index in [1.807, 2.05) is 36.1 Å².